The molecule has 0 aliphatic heterocycles. The van der Waals surface area contributed by atoms with Crippen LogP contribution in [-0.4, -0.2) is 6.04 Å². The summed E-state index contributed by atoms with van der Waals surface area (Å²) in [6, 6.07) is 0.413. The molecule has 0 aromatic rings. The van der Waals surface area contributed by atoms with Gasteiger partial charge in [-0.3, -0.25) is 0 Å². The Bertz CT molecular complexity index is 101. The van der Waals surface area contributed by atoms with Crippen LogP contribution in [0.4, 0.5) is 0 Å². The van der Waals surface area contributed by atoms with Gasteiger partial charge in [-0.25, -0.2) is 0 Å². The van der Waals surface area contributed by atoms with Gasteiger partial charge in [-0.1, -0.05) is 47.0 Å². The van der Waals surface area contributed by atoms with Crippen molar-refractivity contribution < 1.29 is 0 Å². The molecule has 0 aliphatic carbocycles. The number of hydrogen-bond donors (Lipinski definition) is 1. The summed E-state index contributed by atoms with van der Waals surface area (Å²) in [7, 11) is 0. The molecule has 1 heteroatoms. The zero-order valence-corrected chi connectivity index (χ0v) is 9.14. The highest BCUT2D eigenvalue weighted by Crippen LogP contribution is 2.17. The summed E-state index contributed by atoms with van der Waals surface area (Å²) in [4.78, 5) is 0. The molecular formula is C11H25N. The van der Waals surface area contributed by atoms with E-state index in [0.717, 1.165) is 5.92 Å². The maximum atomic E-state index is 6.06. The second-order valence-corrected chi connectivity index (χ2v) is 4.18. The zero-order valence-electron chi connectivity index (χ0n) is 9.14. The van der Waals surface area contributed by atoms with Crippen molar-refractivity contribution in [2.24, 2.45) is 17.6 Å². The summed E-state index contributed by atoms with van der Waals surface area (Å²) >= 11 is 0. The minimum absolute atomic E-state index is 0.413. The molecule has 0 radical (unpaired) electrons. The number of nitrogens with two attached hydrogens (primary N) is 1. The van der Waals surface area contributed by atoms with Crippen molar-refractivity contribution in [1.29, 1.82) is 0 Å². The van der Waals surface area contributed by atoms with Crippen molar-refractivity contribution in [3.8, 4) is 0 Å². The summed E-state index contributed by atoms with van der Waals surface area (Å²) in [5, 5.41) is 0. The Morgan fingerprint density at radius 2 is 1.75 bits per heavy atom. The predicted octanol–water partition coefficient (Wildman–Crippen LogP) is 3.19. The SMILES string of the molecule is CCCC(C)CC(N)C(C)CC. The summed E-state index contributed by atoms with van der Waals surface area (Å²) in [6.07, 6.45) is 5.02. The molecule has 0 aliphatic rings. The molecule has 0 bridgehead atoms. The maximum Gasteiger partial charge on any atom is 0.00669 e. The van der Waals surface area contributed by atoms with Crippen molar-refractivity contribution in [3.63, 3.8) is 0 Å². The van der Waals surface area contributed by atoms with Crippen LogP contribution in [-0.2, 0) is 0 Å². The Labute approximate surface area is 77.7 Å². The van der Waals surface area contributed by atoms with Gasteiger partial charge in [0, 0.05) is 6.04 Å². The summed E-state index contributed by atoms with van der Waals surface area (Å²) in [5.41, 5.74) is 6.06. The zero-order chi connectivity index (χ0) is 9.56. The van der Waals surface area contributed by atoms with Gasteiger partial charge in [0.1, 0.15) is 0 Å². The lowest BCUT2D eigenvalue weighted by atomic mass is 9.89. The van der Waals surface area contributed by atoms with E-state index in [0.29, 0.717) is 12.0 Å². The molecule has 0 saturated heterocycles. The fourth-order valence-corrected chi connectivity index (χ4v) is 1.61. The highest BCUT2D eigenvalue weighted by molar-refractivity contribution is 4.70. The fourth-order valence-electron chi connectivity index (χ4n) is 1.61. The summed E-state index contributed by atoms with van der Waals surface area (Å²) < 4.78 is 0. The smallest absolute Gasteiger partial charge is 0.00669 e. The fraction of sp³-hybridized carbons (Fsp3) is 1.00. The van der Waals surface area contributed by atoms with E-state index in [1.807, 2.05) is 0 Å². The second kappa shape index (κ2) is 6.47. The minimum atomic E-state index is 0.413. The van der Waals surface area contributed by atoms with Gasteiger partial charge in [-0.05, 0) is 18.3 Å². The lowest BCUT2D eigenvalue weighted by molar-refractivity contribution is 0.351. The number of hydrogen-bond acceptors (Lipinski definition) is 1. The van der Waals surface area contributed by atoms with Crippen LogP contribution in [0.15, 0.2) is 0 Å². The molecule has 0 amide bonds. The quantitative estimate of drug-likeness (QED) is 0.652. The van der Waals surface area contributed by atoms with Crippen LogP contribution in [0.1, 0.15) is 53.4 Å². The van der Waals surface area contributed by atoms with E-state index in [-0.39, 0.29) is 0 Å². The molecule has 0 aromatic carbocycles. The Morgan fingerprint density at radius 3 is 2.17 bits per heavy atom. The highest BCUT2D eigenvalue weighted by Gasteiger charge is 2.13. The summed E-state index contributed by atoms with van der Waals surface area (Å²) in [5.74, 6) is 1.49. The molecule has 12 heavy (non-hydrogen) atoms. The van der Waals surface area contributed by atoms with Gasteiger partial charge in [0.15, 0.2) is 0 Å². The van der Waals surface area contributed by atoms with E-state index in [2.05, 4.69) is 27.7 Å². The molecule has 0 fully saturated rings. The average Bonchev–Trinajstić information content (AvgIpc) is 2.03. The lowest BCUT2D eigenvalue weighted by Gasteiger charge is -2.21. The normalized spacial score (nSPS) is 18.8. The molecule has 0 saturated carbocycles. The Kier molecular flexibility index (Phi) is 6.45. The van der Waals surface area contributed by atoms with Crippen LogP contribution in [0.3, 0.4) is 0 Å². The molecule has 3 unspecified atom stereocenters. The Hall–Kier alpha value is -0.0400. The largest absolute Gasteiger partial charge is 0.327 e. The first-order chi connectivity index (χ1) is 5.61. The monoisotopic (exact) mass is 171 g/mol. The van der Waals surface area contributed by atoms with Gasteiger partial charge in [0.2, 0.25) is 0 Å². The van der Waals surface area contributed by atoms with Crippen LogP contribution in [0.2, 0.25) is 0 Å². The maximum absolute atomic E-state index is 6.06. The van der Waals surface area contributed by atoms with E-state index in [4.69, 9.17) is 5.73 Å². The van der Waals surface area contributed by atoms with Crippen molar-refractivity contribution >= 4 is 0 Å². The first kappa shape index (κ1) is 12.0. The first-order valence-corrected chi connectivity index (χ1v) is 5.37. The molecule has 0 aromatic heterocycles. The van der Waals surface area contributed by atoms with Gasteiger partial charge in [-0.2, -0.15) is 0 Å². The minimum Gasteiger partial charge on any atom is -0.327 e. The molecule has 0 rings (SSSR count). The highest BCUT2D eigenvalue weighted by atomic mass is 14.6. The third-order valence-electron chi connectivity index (χ3n) is 2.83. The first-order valence-electron chi connectivity index (χ1n) is 5.37. The van der Waals surface area contributed by atoms with Gasteiger partial charge in [0.25, 0.3) is 0 Å². The Balaban J connectivity index is 3.59. The van der Waals surface area contributed by atoms with Gasteiger partial charge >= 0.3 is 0 Å². The number of rotatable bonds is 6. The molecule has 3 atom stereocenters. The van der Waals surface area contributed by atoms with E-state index >= 15 is 0 Å². The second-order valence-electron chi connectivity index (χ2n) is 4.18. The lowest BCUT2D eigenvalue weighted by Crippen LogP contribution is -2.29. The predicted molar refractivity (Wildman–Crippen MR) is 56.1 cm³/mol. The van der Waals surface area contributed by atoms with E-state index < -0.39 is 0 Å². The van der Waals surface area contributed by atoms with Crippen LogP contribution < -0.4 is 5.73 Å². The molecule has 1 nitrogen and oxygen atoms in total. The van der Waals surface area contributed by atoms with Gasteiger partial charge in [-0.15, -0.1) is 0 Å². The third-order valence-corrected chi connectivity index (χ3v) is 2.83. The molecule has 2 N–H and O–H groups in total. The van der Waals surface area contributed by atoms with E-state index in [1.54, 1.807) is 0 Å². The van der Waals surface area contributed by atoms with Crippen molar-refractivity contribution in [2.45, 2.75) is 59.4 Å². The topological polar surface area (TPSA) is 26.0 Å². The van der Waals surface area contributed by atoms with E-state index in [9.17, 15) is 0 Å². The van der Waals surface area contributed by atoms with Gasteiger partial charge < -0.3 is 5.73 Å². The van der Waals surface area contributed by atoms with Crippen molar-refractivity contribution in [2.75, 3.05) is 0 Å². The van der Waals surface area contributed by atoms with Gasteiger partial charge in [0.05, 0.1) is 0 Å². The molecule has 0 spiro atoms. The summed E-state index contributed by atoms with van der Waals surface area (Å²) in [6.45, 7) is 9.02. The van der Waals surface area contributed by atoms with E-state index in [1.165, 1.54) is 25.7 Å². The van der Waals surface area contributed by atoms with Crippen LogP contribution in [0.25, 0.3) is 0 Å². The molecule has 74 valence electrons. The van der Waals surface area contributed by atoms with Crippen molar-refractivity contribution in [3.05, 3.63) is 0 Å². The van der Waals surface area contributed by atoms with Crippen LogP contribution in [0.5, 0.6) is 0 Å². The standard InChI is InChI=1S/C11H25N/c1-5-7-9(3)8-11(12)10(4)6-2/h9-11H,5-8,12H2,1-4H3. The molecular weight excluding hydrogens is 146 g/mol. The average molecular weight is 171 g/mol. The third kappa shape index (κ3) is 4.76. The Morgan fingerprint density at radius 1 is 1.17 bits per heavy atom. The van der Waals surface area contributed by atoms with Crippen LogP contribution >= 0.6 is 0 Å². The van der Waals surface area contributed by atoms with Crippen molar-refractivity contribution in [1.82, 2.24) is 0 Å². The molecule has 0 heterocycles. The van der Waals surface area contributed by atoms with Crippen LogP contribution in [0, 0.1) is 11.8 Å².